The van der Waals surface area contributed by atoms with Gasteiger partial charge in [-0.2, -0.15) is 5.10 Å². The Morgan fingerprint density at radius 2 is 2.29 bits per heavy atom. The summed E-state index contributed by atoms with van der Waals surface area (Å²) in [6.07, 6.45) is 4.82. The number of nitrogens with zero attached hydrogens (tertiary/aromatic N) is 3. The zero-order valence-corrected chi connectivity index (χ0v) is 8.15. The Morgan fingerprint density at radius 1 is 1.43 bits per heavy atom. The van der Waals surface area contributed by atoms with E-state index in [1.54, 1.807) is 17.1 Å². The predicted octanol–water partition coefficient (Wildman–Crippen LogP) is 2.56. The van der Waals surface area contributed by atoms with Crippen molar-refractivity contribution in [2.75, 3.05) is 0 Å². The zero-order valence-electron chi connectivity index (χ0n) is 7.39. The average Bonchev–Trinajstić information content (AvgIpc) is 2.70. The topological polar surface area (TPSA) is 30.7 Å². The van der Waals surface area contributed by atoms with Gasteiger partial charge in [-0.15, -0.1) is 0 Å². The van der Waals surface area contributed by atoms with E-state index >= 15 is 0 Å². The van der Waals surface area contributed by atoms with E-state index in [2.05, 4.69) is 16.7 Å². The molecule has 4 heteroatoms. The van der Waals surface area contributed by atoms with Crippen molar-refractivity contribution in [3.05, 3.63) is 48.0 Å². The van der Waals surface area contributed by atoms with E-state index in [1.807, 2.05) is 18.2 Å². The second kappa shape index (κ2) is 3.64. The Hall–Kier alpha value is -1.61. The molecule has 14 heavy (non-hydrogen) atoms. The monoisotopic (exact) mass is 205 g/mol. The summed E-state index contributed by atoms with van der Waals surface area (Å²) in [5.74, 6) is 0. The fourth-order valence-corrected chi connectivity index (χ4v) is 1.42. The van der Waals surface area contributed by atoms with Crippen molar-refractivity contribution >= 4 is 17.7 Å². The SMILES string of the molecule is C=Cc1ccc(-n2cncn2)cc1Cl. The van der Waals surface area contributed by atoms with E-state index in [1.165, 1.54) is 6.33 Å². The molecule has 0 atom stereocenters. The summed E-state index contributed by atoms with van der Waals surface area (Å²) in [4.78, 5) is 3.86. The fraction of sp³-hybridized carbons (Fsp3) is 0. The van der Waals surface area contributed by atoms with Crippen molar-refractivity contribution in [2.24, 2.45) is 0 Å². The highest BCUT2D eigenvalue weighted by Gasteiger charge is 2.00. The lowest BCUT2D eigenvalue weighted by molar-refractivity contribution is 0.879. The Balaban J connectivity index is 2.48. The quantitative estimate of drug-likeness (QED) is 0.755. The van der Waals surface area contributed by atoms with E-state index in [0.717, 1.165) is 11.3 Å². The average molecular weight is 206 g/mol. The van der Waals surface area contributed by atoms with Crippen molar-refractivity contribution in [1.82, 2.24) is 14.8 Å². The molecule has 0 unspecified atom stereocenters. The van der Waals surface area contributed by atoms with Gasteiger partial charge in [0.15, 0.2) is 0 Å². The van der Waals surface area contributed by atoms with Gasteiger partial charge >= 0.3 is 0 Å². The third-order valence-electron chi connectivity index (χ3n) is 1.89. The molecular formula is C10H8ClN3. The van der Waals surface area contributed by atoms with Crippen molar-refractivity contribution in [2.45, 2.75) is 0 Å². The van der Waals surface area contributed by atoms with Crippen LogP contribution in [0.3, 0.4) is 0 Å². The van der Waals surface area contributed by atoms with Crippen LogP contribution in [-0.2, 0) is 0 Å². The van der Waals surface area contributed by atoms with E-state index in [0.29, 0.717) is 5.02 Å². The number of hydrogen-bond donors (Lipinski definition) is 0. The lowest BCUT2D eigenvalue weighted by atomic mass is 10.2. The molecule has 70 valence electrons. The first kappa shape index (κ1) is 8.97. The zero-order chi connectivity index (χ0) is 9.97. The van der Waals surface area contributed by atoms with Crippen LogP contribution in [0.1, 0.15) is 5.56 Å². The molecule has 0 aliphatic carbocycles. The maximum Gasteiger partial charge on any atom is 0.138 e. The summed E-state index contributed by atoms with van der Waals surface area (Å²) in [5.41, 5.74) is 1.80. The predicted molar refractivity (Wildman–Crippen MR) is 56.5 cm³/mol. The van der Waals surface area contributed by atoms with E-state index < -0.39 is 0 Å². The molecule has 0 spiro atoms. The van der Waals surface area contributed by atoms with Crippen LogP contribution in [0, 0.1) is 0 Å². The standard InChI is InChI=1S/C10H8ClN3/c1-2-8-3-4-9(5-10(8)11)14-7-12-6-13-14/h2-7H,1H2. The molecule has 3 nitrogen and oxygen atoms in total. The van der Waals surface area contributed by atoms with Gasteiger partial charge in [-0.25, -0.2) is 9.67 Å². The Labute approximate surface area is 86.7 Å². The summed E-state index contributed by atoms with van der Waals surface area (Å²) in [5, 5.41) is 4.66. The second-order valence-corrected chi connectivity index (χ2v) is 3.16. The van der Waals surface area contributed by atoms with Crippen LogP contribution in [0.25, 0.3) is 11.8 Å². The first-order valence-electron chi connectivity index (χ1n) is 4.08. The normalized spacial score (nSPS) is 10.1. The molecule has 0 fully saturated rings. The van der Waals surface area contributed by atoms with Gasteiger partial charge in [0.2, 0.25) is 0 Å². The molecule has 0 bridgehead atoms. The smallest absolute Gasteiger partial charge is 0.138 e. The van der Waals surface area contributed by atoms with Crippen LogP contribution >= 0.6 is 11.6 Å². The maximum atomic E-state index is 6.01. The lowest BCUT2D eigenvalue weighted by Crippen LogP contribution is -1.94. The van der Waals surface area contributed by atoms with Gasteiger partial charge in [0.1, 0.15) is 12.7 Å². The highest BCUT2D eigenvalue weighted by Crippen LogP contribution is 2.20. The van der Waals surface area contributed by atoms with Gasteiger partial charge in [-0.05, 0) is 17.7 Å². The number of rotatable bonds is 2. The van der Waals surface area contributed by atoms with Gasteiger partial charge in [-0.1, -0.05) is 30.3 Å². The second-order valence-electron chi connectivity index (χ2n) is 2.75. The molecule has 0 aliphatic heterocycles. The number of hydrogen-bond acceptors (Lipinski definition) is 2. The molecule has 1 heterocycles. The maximum absolute atomic E-state index is 6.01. The summed E-state index contributed by atoms with van der Waals surface area (Å²) in [6.45, 7) is 3.66. The fourth-order valence-electron chi connectivity index (χ4n) is 1.17. The molecule has 0 aliphatic rings. The lowest BCUT2D eigenvalue weighted by Gasteiger charge is -2.02. The molecule has 0 saturated carbocycles. The molecule has 0 N–H and O–H groups in total. The molecular weight excluding hydrogens is 198 g/mol. The minimum absolute atomic E-state index is 0.660. The van der Waals surface area contributed by atoms with Crippen LogP contribution in [0.5, 0.6) is 0 Å². The summed E-state index contributed by atoms with van der Waals surface area (Å²) >= 11 is 6.01. The van der Waals surface area contributed by atoms with Crippen LogP contribution in [0.2, 0.25) is 5.02 Å². The summed E-state index contributed by atoms with van der Waals surface area (Å²) in [6, 6.07) is 5.64. The molecule has 1 aromatic heterocycles. The Kier molecular flexibility index (Phi) is 2.33. The minimum Gasteiger partial charge on any atom is -0.223 e. The first-order chi connectivity index (χ1) is 6.81. The number of aromatic nitrogens is 3. The Morgan fingerprint density at radius 3 is 2.86 bits per heavy atom. The van der Waals surface area contributed by atoms with Crippen LogP contribution in [-0.4, -0.2) is 14.8 Å². The van der Waals surface area contributed by atoms with Crippen LogP contribution in [0.15, 0.2) is 37.4 Å². The van der Waals surface area contributed by atoms with Gasteiger partial charge in [0.05, 0.1) is 5.69 Å². The van der Waals surface area contributed by atoms with Crippen molar-refractivity contribution < 1.29 is 0 Å². The Bertz CT molecular complexity index is 448. The van der Waals surface area contributed by atoms with Gasteiger partial charge in [-0.3, -0.25) is 0 Å². The first-order valence-corrected chi connectivity index (χ1v) is 4.46. The largest absolute Gasteiger partial charge is 0.223 e. The van der Waals surface area contributed by atoms with E-state index in [-0.39, 0.29) is 0 Å². The van der Waals surface area contributed by atoms with Gasteiger partial charge < -0.3 is 0 Å². The van der Waals surface area contributed by atoms with Crippen molar-refractivity contribution in [1.29, 1.82) is 0 Å². The molecule has 2 rings (SSSR count). The minimum atomic E-state index is 0.660. The number of halogens is 1. The molecule has 1 aromatic carbocycles. The van der Waals surface area contributed by atoms with E-state index in [4.69, 9.17) is 11.6 Å². The summed E-state index contributed by atoms with van der Waals surface area (Å²) < 4.78 is 1.65. The van der Waals surface area contributed by atoms with E-state index in [9.17, 15) is 0 Å². The molecule has 0 saturated heterocycles. The van der Waals surface area contributed by atoms with Crippen molar-refractivity contribution in [3.63, 3.8) is 0 Å². The van der Waals surface area contributed by atoms with Crippen LogP contribution in [0.4, 0.5) is 0 Å². The third kappa shape index (κ3) is 1.54. The molecule has 0 amide bonds. The highest BCUT2D eigenvalue weighted by atomic mass is 35.5. The van der Waals surface area contributed by atoms with Gasteiger partial charge in [0, 0.05) is 5.02 Å². The van der Waals surface area contributed by atoms with Crippen molar-refractivity contribution in [3.8, 4) is 5.69 Å². The molecule has 2 aromatic rings. The third-order valence-corrected chi connectivity index (χ3v) is 2.21. The highest BCUT2D eigenvalue weighted by molar-refractivity contribution is 6.32. The number of benzene rings is 1. The van der Waals surface area contributed by atoms with Crippen LogP contribution < -0.4 is 0 Å². The van der Waals surface area contributed by atoms with Gasteiger partial charge in [0.25, 0.3) is 0 Å². The molecule has 0 radical (unpaired) electrons. The summed E-state index contributed by atoms with van der Waals surface area (Å²) in [7, 11) is 0.